The highest BCUT2D eigenvalue weighted by molar-refractivity contribution is 9.10. The van der Waals surface area contributed by atoms with Crippen LogP contribution in [0.25, 0.3) is 0 Å². The fraction of sp³-hybridized carbons (Fsp3) is 0.600. The van der Waals surface area contributed by atoms with Crippen molar-refractivity contribution < 1.29 is 4.74 Å². The zero-order valence-electron chi connectivity index (χ0n) is 11.0. The third kappa shape index (κ3) is 4.38. The molecular weight excluding hydrogens is 290 g/mol. The van der Waals surface area contributed by atoms with Gasteiger partial charge in [0.25, 0.3) is 0 Å². The van der Waals surface area contributed by atoms with Gasteiger partial charge in [-0.3, -0.25) is 0 Å². The van der Waals surface area contributed by atoms with Gasteiger partial charge < -0.3 is 10.1 Å². The van der Waals surface area contributed by atoms with Crippen molar-refractivity contribution in [1.29, 1.82) is 0 Å². The molecule has 100 valence electrons. The number of halogens is 1. The smallest absolute Gasteiger partial charge is 0.0720 e. The van der Waals surface area contributed by atoms with E-state index in [1.807, 2.05) is 0 Å². The van der Waals surface area contributed by atoms with E-state index in [9.17, 15) is 0 Å². The molecule has 0 heterocycles. The molecule has 1 aliphatic carbocycles. The minimum atomic E-state index is 0.448. The number of rotatable bonds is 5. The van der Waals surface area contributed by atoms with E-state index in [0.717, 1.165) is 17.6 Å². The van der Waals surface area contributed by atoms with Crippen molar-refractivity contribution in [3.63, 3.8) is 0 Å². The van der Waals surface area contributed by atoms with Crippen molar-refractivity contribution in [3.05, 3.63) is 34.3 Å². The SMILES string of the molecule is CCNC1CCC(OCc2ccc(Br)cc2)CC1. The van der Waals surface area contributed by atoms with Gasteiger partial charge in [-0.15, -0.1) is 0 Å². The first-order chi connectivity index (χ1) is 8.78. The highest BCUT2D eigenvalue weighted by Crippen LogP contribution is 2.22. The molecule has 0 spiro atoms. The molecule has 0 unspecified atom stereocenters. The van der Waals surface area contributed by atoms with Crippen LogP contribution in [-0.4, -0.2) is 18.7 Å². The van der Waals surface area contributed by atoms with Gasteiger partial charge in [0.2, 0.25) is 0 Å². The Balaban J connectivity index is 1.70. The van der Waals surface area contributed by atoms with Crippen molar-refractivity contribution in [2.45, 2.75) is 51.4 Å². The average Bonchev–Trinajstić information content (AvgIpc) is 2.40. The van der Waals surface area contributed by atoms with Gasteiger partial charge in [-0.25, -0.2) is 0 Å². The van der Waals surface area contributed by atoms with Gasteiger partial charge in [0, 0.05) is 10.5 Å². The lowest BCUT2D eigenvalue weighted by Gasteiger charge is -2.29. The Morgan fingerprint density at radius 2 is 1.83 bits per heavy atom. The Kier molecular flexibility index (Phi) is 5.67. The molecule has 0 saturated heterocycles. The Hall–Kier alpha value is -0.380. The van der Waals surface area contributed by atoms with Crippen LogP contribution >= 0.6 is 15.9 Å². The average molecular weight is 312 g/mol. The Morgan fingerprint density at radius 3 is 2.44 bits per heavy atom. The molecule has 2 nitrogen and oxygen atoms in total. The minimum Gasteiger partial charge on any atom is -0.374 e. The van der Waals surface area contributed by atoms with E-state index in [0.29, 0.717) is 12.1 Å². The van der Waals surface area contributed by atoms with Crippen molar-refractivity contribution >= 4 is 15.9 Å². The largest absolute Gasteiger partial charge is 0.374 e. The van der Waals surface area contributed by atoms with Crippen LogP contribution in [0.4, 0.5) is 0 Å². The maximum Gasteiger partial charge on any atom is 0.0720 e. The van der Waals surface area contributed by atoms with Gasteiger partial charge in [-0.1, -0.05) is 35.0 Å². The number of benzene rings is 1. The Bertz CT molecular complexity index is 344. The van der Waals surface area contributed by atoms with E-state index in [-0.39, 0.29) is 0 Å². The van der Waals surface area contributed by atoms with Gasteiger partial charge in [-0.2, -0.15) is 0 Å². The van der Waals surface area contributed by atoms with E-state index >= 15 is 0 Å². The summed E-state index contributed by atoms with van der Waals surface area (Å²) in [6.45, 7) is 4.00. The fourth-order valence-electron chi connectivity index (χ4n) is 2.52. The summed E-state index contributed by atoms with van der Waals surface area (Å²) in [5.41, 5.74) is 1.26. The quantitative estimate of drug-likeness (QED) is 0.891. The molecule has 1 aromatic rings. The van der Waals surface area contributed by atoms with Crippen LogP contribution in [0.3, 0.4) is 0 Å². The molecule has 1 fully saturated rings. The second-order valence-electron chi connectivity index (χ2n) is 4.97. The van der Waals surface area contributed by atoms with Gasteiger partial charge in [-0.05, 0) is 49.9 Å². The molecule has 1 aromatic carbocycles. The summed E-state index contributed by atoms with van der Waals surface area (Å²) >= 11 is 3.45. The monoisotopic (exact) mass is 311 g/mol. The molecule has 1 N–H and O–H groups in total. The first-order valence-corrected chi connectivity index (χ1v) is 7.66. The standard InChI is InChI=1S/C15H22BrNO/c1-2-17-14-7-9-15(10-8-14)18-11-12-3-5-13(16)6-4-12/h3-6,14-15,17H,2,7-11H2,1H3. The van der Waals surface area contributed by atoms with E-state index in [1.165, 1.54) is 31.2 Å². The van der Waals surface area contributed by atoms with Gasteiger partial charge in [0.15, 0.2) is 0 Å². The van der Waals surface area contributed by atoms with Gasteiger partial charge >= 0.3 is 0 Å². The third-order valence-electron chi connectivity index (χ3n) is 3.57. The zero-order valence-corrected chi connectivity index (χ0v) is 12.6. The second kappa shape index (κ2) is 7.27. The lowest BCUT2D eigenvalue weighted by atomic mass is 9.93. The molecular formula is C15H22BrNO. The van der Waals surface area contributed by atoms with Gasteiger partial charge in [0.05, 0.1) is 12.7 Å². The Morgan fingerprint density at radius 1 is 1.17 bits per heavy atom. The summed E-state index contributed by atoms with van der Waals surface area (Å²) in [5.74, 6) is 0. The number of hydrogen-bond donors (Lipinski definition) is 1. The van der Waals surface area contributed by atoms with Crippen molar-refractivity contribution in [2.75, 3.05) is 6.54 Å². The van der Waals surface area contributed by atoms with Crippen LogP contribution in [0.15, 0.2) is 28.7 Å². The summed E-state index contributed by atoms with van der Waals surface area (Å²) in [4.78, 5) is 0. The first kappa shape index (κ1) is 14.0. The van der Waals surface area contributed by atoms with Crippen LogP contribution in [-0.2, 0) is 11.3 Å². The van der Waals surface area contributed by atoms with Gasteiger partial charge in [0.1, 0.15) is 0 Å². The lowest BCUT2D eigenvalue weighted by Crippen LogP contribution is -2.35. The maximum atomic E-state index is 5.99. The van der Waals surface area contributed by atoms with Crippen LogP contribution in [0, 0.1) is 0 Å². The van der Waals surface area contributed by atoms with Crippen LogP contribution in [0.5, 0.6) is 0 Å². The topological polar surface area (TPSA) is 21.3 Å². The summed E-state index contributed by atoms with van der Waals surface area (Å²) in [5, 5.41) is 3.52. The van der Waals surface area contributed by atoms with E-state index in [1.54, 1.807) is 0 Å². The highest BCUT2D eigenvalue weighted by Gasteiger charge is 2.20. The molecule has 0 aromatic heterocycles. The van der Waals surface area contributed by atoms with E-state index < -0.39 is 0 Å². The molecule has 0 atom stereocenters. The Labute approximate surface area is 118 Å². The van der Waals surface area contributed by atoms with E-state index in [4.69, 9.17) is 4.74 Å². The predicted octanol–water partition coefficient (Wildman–Crippen LogP) is 3.89. The second-order valence-corrected chi connectivity index (χ2v) is 5.88. The molecule has 18 heavy (non-hydrogen) atoms. The van der Waals surface area contributed by atoms with Crippen molar-refractivity contribution in [3.8, 4) is 0 Å². The summed E-state index contributed by atoms with van der Waals surface area (Å²) in [6.07, 6.45) is 5.32. The van der Waals surface area contributed by atoms with E-state index in [2.05, 4.69) is 52.4 Å². The molecule has 0 radical (unpaired) electrons. The molecule has 0 bridgehead atoms. The first-order valence-electron chi connectivity index (χ1n) is 6.87. The molecule has 3 heteroatoms. The minimum absolute atomic E-state index is 0.448. The molecule has 0 amide bonds. The zero-order chi connectivity index (χ0) is 12.8. The third-order valence-corrected chi connectivity index (χ3v) is 4.09. The predicted molar refractivity (Wildman–Crippen MR) is 78.7 cm³/mol. The summed E-state index contributed by atoms with van der Waals surface area (Å²) < 4.78 is 7.11. The number of hydrogen-bond acceptors (Lipinski definition) is 2. The maximum absolute atomic E-state index is 5.99. The van der Waals surface area contributed by atoms with Crippen LogP contribution in [0.1, 0.15) is 38.2 Å². The lowest BCUT2D eigenvalue weighted by molar-refractivity contribution is 0.0114. The fourth-order valence-corrected chi connectivity index (χ4v) is 2.78. The summed E-state index contributed by atoms with van der Waals surface area (Å²) in [6, 6.07) is 9.09. The summed E-state index contributed by atoms with van der Waals surface area (Å²) in [7, 11) is 0. The highest BCUT2D eigenvalue weighted by atomic mass is 79.9. The number of nitrogens with one attached hydrogen (secondary N) is 1. The van der Waals surface area contributed by atoms with Crippen molar-refractivity contribution in [2.24, 2.45) is 0 Å². The molecule has 0 aliphatic heterocycles. The molecule has 1 aliphatic rings. The number of ether oxygens (including phenoxy) is 1. The van der Waals surface area contributed by atoms with Crippen LogP contribution < -0.4 is 5.32 Å². The van der Waals surface area contributed by atoms with Crippen LogP contribution in [0.2, 0.25) is 0 Å². The molecule has 2 rings (SSSR count). The molecule has 1 saturated carbocycles. The van der Waals surface area contributed by atoms with Crippen molar-refractivity contribution in [1.82, 2.24) is 5.32 Å². The normalized spacial score (nSPS) is 24.1.